The van der Waals surface area contributed by atoms with Gasteiger partial charge in [0.2, 0.25) is 5.91 Å². The van der Waals surface area contributed by atoms with E-state index in [0.717, 1.165) is 10.2 Å². The van der Waals surface area contributed by atoms with Gasteiger partial charge in [0.1, 0.15) is 6.04 Å². The first-order valence-corrected chi connectivity index (χ1v) is 7.13. The van der Waals surface area contributed by atoms with Gasteiger partial charge in [-0.25, -0.2) is 0 Å². The Kier molecular flexibility index (Phi) is 4.16. The number of carbonyl (C=O) groups excluding carboxylic acids is 1. The van der Waals surface area contributed by atoms with Crippen molar-refractivity contribution >= 4 is 27.5 Å². The van der Waals surface area contributed by atoms with Crippen molar-refractivity contribution in [3.05, 3.63) is 28.7 Å². The van der Waals surface area contributed by atoms with E-state index < -0.39 is 6.04 Å². The maximum absolute atomic E-state index is 12.1. The third-order valence-electron chi connectivity index (χ3n) is 3.33. The number of nitrogens with one attached hydrogen (secondary N) is 1. The Balaban J connectivity index is 2.39. The standard InChI is InChI=1S/C14H19BrN2O2/c1-14(2)8-16-13(19)12(7-18)17(9-14)11-5-3-4-10(15)6-11/h3-6,12,18H,7-9H2,1-2H3,(H,16,19). The number of nitrogens with zero attached hydrogens (tertiary/aromatic N) is 1. The maximum Gasteiger partial charge on any atom is 0.245 e. The molecule has 1 aromatic rings. The Morgan fingerprint density at radius 2 is 2.26 bits per heavy atom. The highest BCUT2D eigenvalue weighted by Crippen LogP contribution is 2.28. The fourth-order valence-electron chi connectivity index (χ4n) is 2.32. The first kappa shape index (κ1) is 14.3. The summed E-state index contributed by atoms with van der Waals surface area (Å²) in [6.07, 6.45) is 0. The minimum atomic E-state index is -0.531. The van der Waals surface area contributed by atoms with Crippen LogP contribution < -0.4 is 10.2 Å². The second-order valence-corrected chi connectivity index (χ2v) is 6.60. The van der Waals surface area contributed by atoms with Crippen molar-refractivity contribution in [3.63, 3.8) is 0 Å². The molecule has 5 heteroatoms. The average Bonchev–Trinajstić information content (AvgIpc) is 2.47. The van der Waals surface area contributed by atoms with E-state index in [0.29, 0.717) is 13.1 Å². The topological polar surface area (TPSA) is 52.6 Å². The van der Waals surface area contributed by atoms with Gasteiger partial charge in [-0.3, -0.25) is 4.79 Å². The minimum absolute atomic E-state index is 0.0398. The Morgan fingerprint density at radius 1 is 1.53 bits per heavy atom. The van der Waals surface area contributed by atoms with E-state index in [-0.39, 0.29) is 17.9 Å². The molecule has 1 aliphatic rings. The van der Waals surface area contributed by atoms with Gasteiger partial charge in [-0.05, 0) is 23.6 Å². The fourth-order valence-corrected chi connectivity index (χ4v) is 2.71. The van der Waals surface area contributed by atoms with Crippen molar-refractivity contribution < 1.29 is 9.90 Å². The van der Waals surface area contributed by atoms with Crippen LogP contribution in [0.5, 0.6) is 0 Å². The number of benzene rings is 1. The van der Waals surface area contributed by atoms with Gasteiger partial charge < -0.3 is 15.3 Å². The van der Waals surface area contributed by atoms with Crippen molar-refractivity contribution in [1.82, 2.24) is 5.32 Å². The summed E-state index contributed by atoms with van der Waals surface area (Å²) < 4.78 is 0.962. The lowest BCUT2D eigenvalue weighted by atomic mass is 9.93. The van der Waals surface area contributed by atoms with E-state index in [1.165, 1.54) is 0 Å². The molecule has 2 N–H and O–H groups in total. The second kappa shape index (κ2) is 5.51. The van der Waals surface area contributed by atoms with Gasteiger partial charge in [0, 0.05) is 23.2 Å². The summed E-state index contributed by atoms with van der Waals surface area (Å²) in [5, 5.41) is 12.4. The molecule has 0 saturated carbocycles. The molecular formula is C14H19BrN2O2. The highest BCUT2D eigenvalue weighted by molar-refractivity contribution is 9.10. The van der Waals surface area contributed by atoms with Gasteiger partial charge in [0.25, 0.3) is 0 Å². The van der Waals surface area contributed by atoms with Crippen LogP contribution in [-0.4, -0.2) is 36.8 Å². The van der Waals surface area contributed by atoms with Gasteiger partial charge in [0.05, 0.1) is 6.61 Å². The van der Waals surface area contributed by atoms with E-state index in [4.69, 9.17) is 0 Å². The number of carbonyl (C=O) groups is 1. The summed E-state index contributed by atoms with van der Waals surface area (Å²) in [4.78, 5) is 14.1. The van der Waals surface area contributed by atoms with Crippen LogP contribution in [0.1, 0.15) is 13.8 Å². The number of anilines is 1. The molecule has 1 saturated heterocycles. The summed E-state index contributed by atoms with van der Waals surface area (Å²) in [7, 11) is 0. The molecule has 2 rings (SSSR count). The quantitative estimate of drug-likeness (QED) is 0.871. The summed E-state index contributed by atoms with van der Waals surface area (Å²) >= 11 is 3.44. The highest BCUT2D eigenvalue weighted by atomic mass is 79.9. The molecule has 1 amide bonds. The van der Waals surface area contributed by atoms with E-state index >= 15 is 0 Å². The molecule has 104 valence electrons. The first-order chi connectivity index (χ1) is 8.93. The number of aliphatic hydroxyl groups is 1. The zero-order chi connectivity index (χ0) is 14.0. The Morgan fingerprint density at radius 3 is 2.89 bits per heavy atom. The molecule has 19 heavy (non-hydrogen) atoms. The number of hydrogen-bond acceptors (Lipinski definition) is 3. The van der Waals surface area contributed by atoms with Crippen LogP contribution in [0.2, 0.25) is 0 Å². The molecule has 0 aliphatic carbocycles. The Hall–Kier alpha value is -1.07. The van der Waals surface area contributed by atoms with Crippen molar-refractivity contribution in [1.29, 1.82) is 0 Å². The predicted molar refractivity (Wildman–Crippen MR) is 79.2 cm³/mol. The first-order valence-electron chi connectivity index (χ1n) is 6.34. The van der Waals surface area contributed by atoms with Crippen molar-refractivity contribution in [2.45, 2.75) is 19.9 Å². The highest BCUT2D eigenvalue weighted by Gasteiger charge is 2.35. The van der Waals surface area contributed by atoms with E-state index in [1.807, 2.05) is 29.2 Å². The monoisotopic (exact) mass is 326 g/mol. The molecule has 4 nitrogen and oxygen atoms in total. The molecule has 0 aromatic heterocycles. The van der Waals surface area contributed by atoms with Crippen LogP contribution in [0.15, 0.2) is 28.7 Å². The SMILES string of the molecule is CC1(C)CNC(=O)C(CO)N(c2cccc(Br)c2)C1. The van der Waals surface area contributed by atoms with Gasteiger partial charge in [-0.1, -0.05) is 35.8 Å². The normalized spacial score (nSPS) is 22.8. The van der Waals surface area contributed by atoms with Crippen LogP contribution in [0.4, 0.5) is 5.69 Å². The second-order valence-electron chi connectivity index (χ2n) is 5.69. The lowest BCUT2D eigenvalue weighted by Crippen LogP contribution is -2.47. The Bertz CT molecular complexity index is 476. The van der Waals surface area contributed by atoms with E-state index in [9.17, 15) is 9.90 Å². The number of amides is 1. The molecule has 0 bridgehead atoms. The van der Waals surface area contributed by atoms with Gasteiger partial charge in [-0.15, -0.1) is 0 Å². The van der Waals surface area contributed by atoms with Gasteiger partial charge >= 0.3 is 0 Å². The summed E-state index contributed by atoms with van der Waals surface area (Å²) in [5.41, 5.74) is 0.903. The smallest absolute Gasteiger partial charge is 0.245 e. The minimum Gasteiger partial charge on any atom is -0.394 e. The van der Waals surface area contributed by atoms with E-state index in [1.54, 1.807) is 0 Å². The lowest BCUT2D eigenvalue weighted by Gasteiger charge is -2.34. The molecule has 1 fully saturated rings. The summed E-state index contributed by atoms with van der Waals surface area (Å²) in [6.45, 7) is 5.37. The molecular weight excluding hydrogens is 308 g/mol. The average molecular weight is 327 g/mol. The maximum atomic E-state index is 12.1. The number of halogens is 1. The zero-order valence-corrected chi connectivity index (χ0v) is 12.8. The van der Waals surface area contributed by atoms with E-state index in [2.05, 4.69) is 35.1 Å². The number of aliphatic hydroxyl groups excluding tert-OH is 1. The van der Waals surface area contributed by atoms with Crippen LogP contribution in [0.3, 0.4) is 0 Å². The number of hydrogen-bond donors (Lipinski definition) is 2. The van der Waals surface area contributed by atoms with Crippen LogP contribution >= 0.6 is 15.9 Å². The predicted octanol–water partition coefficient (Wildman–Crippen LogP) is 1.77. The molecule has 1 unspecified atom stereocenters. The third kappa shape index (κ3) is 3.28. The lowest BCUT2D eigenvalue weighted by molar-refractivity contribution is -0.122. The van der Waals surface area contributed by atoms with Crippen molar-refractivity contribution in [2.75, 3.05) is 24.6 Å². The molecule has 1 aromatic carbocycles. The molecule has 1 heterocycles. The van der Waals surface area contributed by atoms with Gasteiger partial charge in [-0.2, -0.15) is 0 Å². The zero-order valence-electron chi connectivity index (χ0n) is 11.2. The summed E-state index contributed by atoms with van der Waals surface area (Å²) in [5.74, 6) is -0.118. The van der Waals surface area contributed by atoms with Crippen LogP contribution in [-0.2, 0) is 4.79 Å². The molecule has 1 atom stereocenters. The van der Waals surface area contributed by atoms with Gasteiger partial charge in [0.15, 0.2) is 0 Å². The van der Waals surface area contributed by atoms with Crippen LogP contribution in [0, 0.1) is 5.41 Å². The number of rotatable bonds is 2. The van der Waals surface area contributed by atoms with Crippen molar-refractivity contribution in [2.24, 2.45) is 5.41 Å². The van der Waals surface area contributed by atoms with Crippen LogP contribution in [0.25, 0.3) is 0 Å². The molecule has 0 radical (unpaired) electrons. The fraction of sp³-hybridized carbons (Fsp3) is 0.500. The van der Waals surface area contributed by atoms with Crippen molar-refractivity contribution in [3.8, 4) is 0 Å². The molecule has 1 aliphatic heterocycles. The third-order valence-corrected chi connectivity index (χ3v) is 3.82. The summed E-state index contributed by atoms with van der Waals surface area (Å²) in [6, 6.07) is 7.28. The largest absolute Gasteiger partial charge is 0.394 e. The molecule has 0 spiro atoms. The Labute approximate surface area is 121 Å².